The number of aryl methyl sites for hydroxylation is 1. The maximum atomic E-state index is 12.6. The van der Waals surface area contributed by atoms with E-state index in [0.29, 0.717) is 23.2 Å². The number of rotatable bonds is 6. The molecule has 0 bridgehead atoms. The van der Waals surface area contributed by atoms with Crippen molar-refractivity contribution in [2.45, 2.75) is 25.6 Å². The lowest BCUT2D eigenvalue weighted by molar-refractivity contribution is -0.126. The van der Waals surface area contributed by atoms with Gasteiger partial charge in [0.15, 0.2) is 5.17 Å². The van der Waals surface area contributed by atoms with Crippen LogP contribution in [0.1, 0.15) is 23.6 Å². The highest BCUT2D eigenvalue weighted by Gasteiger charge is 2.35. The van der Waals surface area contributed by atoms with Gasteiger partial charge in [0.05, 0.1) is 32.2 Å². The molecule has 2 aromatic carbocycles. The van der Waals surface area contributed by atoms with Gasteiger partial charge in [0.2, 0.25) is 5.91 Å². The van der Waals surface area contributed by atoms with Crippen LogP contribution in [0.5, 0.6) is 11.5 Å². The minimum absolute atomic E-state index is 0.0456. The van der Waals surface area contributed by atoms with Gasteiger partial charge in [0.25, 0.3) is 0 Å². The zero-order chi connectivity index (χ0) is 20.1. The standard InChI is InChI=1S/C21H23N3O3S/c1-14-7-5-6-8-17(14)13-24-20(25)15(2)28-21(24)23-22-12-16-9-10-18(26-3)11-19(16)27-4/h5-12,15H,13H2,1-4H3. The number of ether oxygens (including phenoxy) is 2. The van der Waals surface area contributed by atoms with Crippen molar-refractivity contribution in [3.05, 3.63) is 59.2 Å². The molecule has 1 unspecified atom stereocenters. The van der Waals surface area contributed by atoms with Crippen LogP contribution in [0.15, 0.2) is 52.7 Å². The fourth-order valence-corrected chi connectivity index (χ4v) is 3.75. The number of hydrogen-bond acceptors (Lipinski definition) is 6. The van der Waals surface area contributed by atoms with Gasteiger partial charge in [-0.1, -0.05) is 36.0 Å². The molecule has 2 aromatic rings. The largest absolute Gasteiger partial charge is 0.497 e. The zero-order valence-corrected chi connectivity index (χ0v) is 17.2. The Kier molecular flexibility index (Phi) is 6.36. The van der Waals surface area contributed by atoms with Gasteiger partial charge in [0, 0.05) is 11.6 Å². The Morgan fingerprint density at radius 3 is 2.68 bits per heavy atom. The number of thioether (sulfide) groups is 1. The van der Waals surface area contributed by atoms with Crippen molar-refractivity contribution in [3.8, 4) is 11.5 Å². The monoisotopic (exact) mass is 397 g/mol. The molecule has 1 fully saturated rings. The second-order valence-corrected chi connectivity index (χ2v) is 7.65. The molecule has 1 aliphatic heterocycles. The van der Waals surface area contributed by atoms with Crippen molar-refractivity contribution in [1.82, 2.24) is 4.90 Å². The SMILES string of the molecule is COc1ccc(C=NN=C2SC(C)C(=O)N2Cc2ccccc2C)c(OC)c1. The van der Waals surface area contributed by atoms with E-state index in [1.807, 2.05) is 50.2 Å². The summed E-state index contributed by atoms with van der Waals surface area (Å²) < 4.78 is 10.6. The van der Waals surface area contributed by atoms with E-state index in [-0.39, 0.29) is 11.2 Å². The smallest absolute Gasteiger partial charge is 0.242 e. The summed E-state index contributed by atoms with van der Waals surface area (Å²) in [4.78, 5) is 14.3. The summed E-state index contributed by atoms with van der Waals surface area (Å²) in [5, 5.41) is 8.94. The summed E-state index contributed by atoms with van der Waals surface area (Å²) >= 11 is 1.42. The number of nitrogens with zero attached hydrogens (tertiary/aromatic N) is 3. The topological polar surface area (TPSA) is 63.5 Å². The van der Waals surface area contributed by atoms with Crippen LogP contribution in [0.25, 0.3) is 0 Å². The van der Waals surface area contributed by atoms with Crippen LogP contribution in [0, 0.1) is 6.92 Å². The molecule has 1 aliphatic rings. The fourth-order valence-electron chi connectivity index (χ4n) is 2.83. The third-order valence-corrected chi connectivity index (χ3v) is 5.57. The molecule has 7 heteroatoms. The van der Waals surface area contributed by atoms with Gasteiger partial charge in [-0.15, -0.1) is 5.10 Å². The van der Waals surface area contributed by atoms with E-state index < -0.39 is 0 Å². The quantitative estimate of drug-likeness (QED) is 0.548. The summed E-state index contributed by atoms with van der Waals surface area (Å²) in [7, 11) is 3.20. The first-order valence-electron chi connectivity index (χ1n) is 8.89. The number of carbonyl (C=O) groups is 1. The molecule has 0 aliphatic carbocycles. The molecule has 6 nitrogen and oxygen atoms in total. The second kappa shape index (κ2) is 8.93. The normalized spacial score (nSPS) is 18.3. The van der Waals surface area contributed by atoms with E-state index in [1.54, 1.807) is 31.4 Å². The van der Waals surface area contributed by atoms with E-state index >= 15 is 0 Å². The highest BCUT2D eigenvalue weighted by molar-refractivity contribution is 8.15. The Hall–Kier alpha value is -2.80. The Morgan fingerprint density at radius 2 is 1.96 bits per heavy atom. The van der Waals surface area contributed by atoms with Crippen molar-refractivity contribution >= 4 is 29.1 Å². The molecule has 3 rings (SSSR count). The highest BCUT2D eigenvalue weighted by atomic mass is 32.2. The van der Waals surface area contributed by atoms with Crippen molar-refractivity contribution < 1.29 is 14.3 Å². The Balaban J connectivity index is 1.82. The van der Waals surface area contributed by atoms with Gasteiger partial charge in [-0.25, -0.2) is 0 Å². The lowest BCUT2D eigenvalue weighted by Crippen LogP contribution is -2.31. The Morgan fingerprint density at radius 1 is 1.18 bits per heavy atom. The van der Waals surface area contributed by atoms with Gasteiger partial charge < -0.3 is 9.47 Å². The lowest BCUT2D eigenvalue weighted by atomic mass is 10.1. The van der Waals surface area contributed by atoms with Crippen molar-refractivity contribution in [2.24, 2.45) is 10.2 Å². The van der Waals surface area contributed by atoms with Crippen molar-refractivity contribution in [1.29, 1.82) is 0 Å². The molecule has 0 spiro atoms. The number of amidine groups is 1. The third-order valence-electron chi connectivity index (χ3n) is 4.50. The zero-order valence-electron chi connectivity index (χ0n) is 16.4. The molecule has 28 heavy (non-hydrogen) atoms. The van der Waals surface area contributed by atoms with Crippen LogP contribution in [0.2, 0.25) is 0 Å². The van der Waals surface area contributed by atoms with Gasteiger partial charge in [0.1, 0.15) is 11.5 Å². The highest BCUT2D eigenvalue weighted by Crippen LogP contribution is 2.29. The molecule has 146 valence electrons. The average Bonchev–Trinajstić information content (AvgIpc) is 2.97. The number of hydrogen-bond donors (Lipinski definition) is 0. The number of benzene rings is 2. The summed E-state index contributed by atoms with van der Waals surface area (Å²) in [6.45, 7) is 4.41. The minimum atomic E-state index is -0.173. The van der Waals surface area contributed by atoms with Crippen LogP contribution in [-0.4, -0.2) is 41.7 Å². The first-order chi connectivity index (χ1) is 13.5. The van der Waals surface area contributed by atoms with E-state index in [1.165, 1.54) is 11.8 Å². The van der Waals surface area contributed by atoms with Crippen LogP contribution in [-0.2, 0) is 11.3 Å². The predicted octanol–water partition coefficient (Wildman–Crippen LogP) is 3.87. The number of amides is 1. The maximum Gasteiger partial charge on any atom is 0.242 e. The summed E-state index contributed by atoms with van der Waals surface area (Å²) in [6.07, 6.45) is 1.62. The van der Waals surface area contributed by atoms with Gasteiger partial charge in [-0.3, -0.25) is 9.69 Å². The Bertz CT molecular complexity index is 927. The van der Waals surface area contributed by atoms with Crippen LogP contribution < -0.4 is 9.47 Å². The molecule has 1 heterocycles. The molecule has 1 saturated heterocycles. The van der Waals surface area contributed by atoms with Gasteiger partial charge >= 0.3 is 0 Å². The molecule has 0 N–H and O–H groups in total. The van der Waals surface area contributed by atoms with Gasteiger partial charge in [-0.05, 0) is 37.1 Å². The van der Waals surface area contributed by atoms with Crippen molar-refractivity contribution in [3.63, 3.8) is 0 Å². The van der Waals surface area contributed by atoms with Crippen molar-refractivity contribution in [2.75, 3.05) is 14.2 Å². The van der Waals surface area contributed by atoms with E-state index in [0.717, 1.165) is 16.7 Å². The first kappa shape index (κ1) is 19.9. The summed E-state index contributed by atoms with van der Waals surface area (Å²) in [5.74, 6) is 1.39. The van der Waals surface area contributed by atoms with Crippen LogP contribution in [0.4, 0.5) is 0 Å². The van der Waals surface area contributed by atoms with E-state index in [4.69, 9.17) is 9.47 Å². The van der Waals surface area contributed by atoms with E-state index in [2.05, 4.69) is 10.2 Å². The minimum Gasteiger partial charge on any atom is -0.497 e. The van der Waals surface area contributed by atoms with Gasteiger partial charge in [-0.2, -0.15) is 5.10 Å². The third kappa shape index (κ3) is 4.36. The predicted molar refractivity (Wildman–Crippen MR) is 113 cm³/mol. The molecule has 0 radical (unpaired) electrons. The first-order valence-corrected chi connectivity index (χ1v) is 9.77. The van der Waals surface area contributed by atoms with Crippen LogP contribution >= 0.6 is 11.8 Å². The summed E-state index contributed by atoms with van der Waals surface area (Å²) in [5.41, 5.74) is 3.02. The number of carbonyl (C=O) groups excluding carboxylic acids is 1. The average molecular weight is 398 g/mol. The molecular formula is C21H23N3O3S. The molecule has 0 aromatic heterocycles. The van der Waals surface area contributed by atoms with Crippen LogP contribution in [0.3, 0.4) is 0 Å². The molecule has 1 atom stereocenters. The van der Waals surface area contributed by atoms with E-state index in [9.17, 15) is 4.79 Å². The fraction of sp³-hybridized carbons (Fsp3) is 0.286. The molecular weight excluding hydrogens is 374 g/mol. The maximum absolute atomic E-state index is 12.6. The molecule has 0 saturated carbocycles. The second-order valence-electron chi connectivity index (χ2n) is 6.35. The molecule has 1 amide bonds. The Labute approximate surface area is 169 Å². The lowest BCUT2D eigenvalue weighted by Gasteiger charge is -2.16. The number of methoxy groups -OCH3 is 2. The summed E-state index contributed by atoms with van der Waals surface area (Å²) in [6, 6.07) is 13.5.